The number of benzene rings is 1. The summed E-state index contributed by atoms with van der Waals surface area (Å²) in [5.41, 5.74) is 1.54. The van der Waals surface area contributed by atoms with E-state index in [2.05, 4.69) is 10.4 Å². The summed E-state index contributed by atoms with van der Waals surface area (Å²) in [5, 5.41) is 15.8. The molecule has 1 aromatic heterocycles. The van der Waals surface area contributed by atoms with Crippen molar-refractivity contribution in [3.8, 4) is 5.69 Å². The fraction of sp³-hybridized carbons (Fsp3) is 0.333. The molecule has 1 aliphatic heterocycles. The largest absolute Gasteiger partial charge is 0.476 e. The maximum absolute atomic E-state index is 12.3. The van der Waals surface area contributed by atoms with Gasteiger partial charge in [-0.2, -0.15) is 5.10 Å². The lowest BCUT2D eigenvalue weighted by Crippen LogP contribution is -2.41. The van der Waals surface area contributed by atoms with Crippen LogP contribution in [0.2, 0.25) is 0 Å². The van der Waals surface area contributed by atoms with Crippen LogP contribution in [-0.4, -0.2) is 51.2 Å². The number of aromatic nitrogens is 2. The Bertz CT molecular complexity index is 845. The first-order chi connectivity index (χ1) is 12.4. The topological polar surface area (TPSA) is 105 Å². The summed E-state index contributed by atoms with van der Waals surface area (Å²) in [4.78, 5) is 36.6. The zero-order valence-corrected chi connectivity index (χ0v) is 14.4. The molecule has 8 heteroatoms. The molecule has 8 nitrogen and oxygen atoms in total. The minimum Gasteiger partial charge on any atom is -0.476 e. The highest BCUT2D eigenvalue weighted by molar-refractivity contribution is 5.87. The van der Waals surface area contributed by atoms with Crippen molar-refractivity contribution in [1.82, 2.24) is 20.0 Å². The van der Waals surface area contributed by atoms with Gasteiger partial charge in [0.25, 0.3) is 0 Å². The van der Waals surface area contributed by atoms with Crippen molar-refractivity contribution in [2.75, 3.05) is 13.6 Å². The molecular formula is C18H20N4O4. The smallest absolute Gasteiger partial charge is 0.356 e. The molecule has 3 rings (SSSR count). The van der Waals surface area contributed by atoms with E-state index in [-0.39, 0.29) is 29.8 Å². The molecule has 1 unspecified atom stereocenters. The Balaban J connectivity index is 1.62. The molecule has 0 aliphatic carbocycles. The normalized spacial score (nSPS) is 17.2. The average molecular weight is 356 g/mol. The van der Waals surface area contributed by atoms with Gasteiger partial charge in [0.1, 0.15) is 0 Å². The summed E-state index contributed by atoms with van der Waals surface area (Å²) < 4.78 is 1.48. The Morgan fingerprint density at radius 2 is 2.15 bits per heavy atom. The van der Waals surface area contributed by atoms with Gasteiger partial charge < -0.3 is 15.3 Å². The van der Waals surface area contributed by atoms with E-state index in [9.17, 15) is 14.4 Å². The van der Waals surface area contributed by atoms with Gasteiger partial charge in [0.15, 0.2) is 5.69 Å². The third-order valence-corrected chi connectivity index (χ3v) is 4.48. The molecule has 2 N–H and O–H groups in total. The van der Waals surface area contributed by atoms with E-state index in [0.29, 0.717) is 25.2 Å². The maximum Gasteiger partial charge on any atom is 0.356 e. The van der Waals surface area contributed by atoms with Crippen LogP contribution < -0.4 is 5.32 Å². The number of carboxylic acid groups (broad SMARTS) is 1. The molecule has 2 amide bonds. The van der Waals surface area contributed by atoms with Gasteiger partial charge in [-0.15, -0.1) is 0 Å². The third kappa shape index (κ3) is 3.90. The van der Waals surface area contributed by atoms with Gasteiger partial charge in [0.05, 0.1) is 5.69 Å². The summed E-state index contributed by atoms with van der Waals surface area (Å²) in [7, 11) is 1.74. The highest BCUT2D eigenvalue weighted by Crippen LogP contribution is 2.18. The average Bonchev–Trinajstić information content (AvgIpc) is 3.13. The quantitative estimate of drug-likeness (QED) is 0.833. The van der Waals surface area contributed by atoms with E-state index in [1.807, 2.05) is 18.2 Å². The zero-order chi connectivity index (χ0) is 18.7. The molecule has 136 valence electrons. The number of piperidine rings is 1. The highest BCUT2D eigenvalue weighted by atomic mass is 16.4. The van der Waals surface area contributed by atoms with Crippen LogP contribution in [-0.2, 0) is 16.1 Å². The fourth-order valence-electron chi connectivity index (χ4n) is 2.89. The zero-order valence-electron chi connectivity index (χ0n) is 14.4. The Kier molecular flexibility index (Phi) is 5.01. The van der Waals surface area contributed by atoms with Gasteiger partial charge in [-0.25, -0.2) is 9.48 Å². The lowest BCUT2D eigenvalue weighted by Gasteiger charge is -2.27. The van der Waals surface area contributed by atoms with Crippen LogP contribution in [0.1, 0.15) is 28.9 Å². The molecular weight excluding hydrogens is 336 g/mol. The molecule has 0 radical (unpaired) electrons. The van der Waals surface area contributed by atoms with E-state index in [0.717, 1.165) is 5.56 Å². The van der Waals surface area contributed by atoms with Crippen LogP contribution in [0.4, 0.5) is 0 Å². The van der Waals surface area contributed by atoms with Crippen LogP contribution >= 0.6 is 0 Å². The Morgan fingerprint density at radius 3 is 2.85 bits per heavy atom. The predicted octanol–water partition coefficient (Wildman–Crippen LogP) is 1.06. The summed E-state index contributed by atoms with van der Waals surface area (Å²) in [6.45, 7) is 0.928. The molecule has 1 fully saturated rings. The molecule has 2 heterocycles. The SMILES string of the molecule is CN1CCC(C(=O)NCc2cccc(-n3ccc(C(=O)O)n3)c2)CC1=O. The molecule has 1 aliphatic rings. The van der Waals surface area contributed by atoms with Crippen molar-refractivity contribution < 1.29 is 19.5 Å². The lowest BCUT2D eigenvalue weighted by atomic mass is 9.95. The van der Waals surface area contributed by atoms with E-state index in [4.69, 9.17) is 5.11 Å². The van der Waals surface area contributed by atoms with Gasteiger partial charge >= 0.3 is 5.97 Å². The van der Waals surface area contributed by atoms with Crippen LogP contribution in [0.5, 0.6) is 0 Å². The fourth-order valence-corrected chi connectivity index (χ4v) is 2.89. The number of aromatic carboxylic acids is 1. The number of rotatable bonds is 5. The second-order valence-corrected chi connectivity index (χ2v) is 6.34. The first-order valence-corrected chi connectivity index (χ1v) is 8.34. The number of hydrogen-bond donors (Lipinski definition) is 2. The van der Waals surface area contributed by atoms with Crippen molar-refractivity contribution in [2.24, 2.45) is 5.92 Å². The predicted molar refractivity (Wildman–Crippen MR) is 92.7 cm³/mol. The number of carbonyl (C=O) groups is 3. The first kappa shape index (κ1) is 17.7. The van der Waals surface area contributed by atoms with Crippen LogP contribution in [0, 0.1) is 5.92 Å². The van der Waals surface area contributed by atoms with E-state index < -0.39 is 5.97 Å². The summed E-state index contributed by atoms with van der Waals surface area (Å²) >= 11 is 0. The molecule has 0 bridgehead atoms. The Morgan fingerprint density at radius 1 is 1.35 bits per heavy atom. The molecule has 1 aromatic carbocycles. The second kappa shape index (κ2) is 7.38. The van der Waals surface area contributed by atoms with Gasteiger partial charge in [0, 0.05) is 38.7 Å². The van der Waals surface area contributed by atoms with Crippen LogP contribution in [0.3, 0.4) is 0 Å². The number of nitrogens with zero attached hydrogens (tertiary/aromatic N) is 3. The molecule has 0 spiro atoms. The van der Waals surface area contributed by atoms with E-state index >= 15 is 0 Å². The minimum atomic E-state index is -1.08. The number of amides is 2. The Hall–Kier alpha value is -3.16. The highest BCUT2D eigenvalue weighted by Gasteiger charge is 2.28. The summed E-state index contributed by atoms with van der Waals surface area (Å²) in [5.74, 6) is -1.50. The van der Waals surface area contributed by atoms with Gasteiger partial charge in [0.2, 0.25) is 11.8 Å². The Labute approximate surface area is 150 Å². The van der Waals surface area contributed by atoms with E-state index in [1.54, 1.807) is 24.2 Å². The maximum atomic E-state index is 12.3. The molecule has 0 saturated carbocycles. The molecule has 1 atom stereocenters. The second-order valence-electron chi connectivity index (χ2n) is 6.34. The van der Waals surface area contributed by atoms with Crippen molar-refractivity contribution >= 4 is 17.8 Å². The number of hydrogen-bond acceptors (Lipinski definition) is 4. The van der Waals surface area contributed by atoms with Gasteiger partial charge in [-0.3, -0.25) is 9.59 Å². The molecule has 2 aromatic rings. The summed E-state index contributed by atoms with van der Waals surface area (Å²) in [6, 6.07) is 8.75. The number of carboxylic acids is 1. The minimum absolute atomic E-state index is 0.00804. The molecule has 1 saturated heterocycles. The third-order valence-electron chi connectivity index (χ3n) is 4.48. The van der Waals surface area contributed by atoms with Crippen molar-refractivity contribution in [2.45, 2.75) is 19.4 Å². The van der Waals surface area contributed by atoms with Gasteiger partial charge in [-0.1, -0.05) is 12.1 Å². The first-order valence-electron chi connectivity index (χ1n) is 8.34. The van der Waals surface area contributed by atoms with Crippen LogP contribution in [0.15, 0.2) is 36.5 Å². The standard InChI is InChI=1S/C18H20N4O4/c1-21-7-5-13(10-16(21)23)17(24)19-11-12-3-2-4-14(9-12)22-8-6-15(20-22)18(25)26/h2-4,6,8-9,13H,5,7,10-11H2,1H3,(H,19,24)(H,25,26). The van der Waals surface area contributed by atoms with E-state index in [1.165, 1.54) is 10.7 Å². The molecule has 26 heavy (non-hydrogen) atoms. The van der Waals surface area contributed by atoms with Gasteiger partial charge in [-0.05, 0) is 30.2 Å². The number of carbonyl (C=O) groups excluding carboxylic acids is 2. The summed E-state index contributed by atoms with van der Waals surface area (Å²) in [6.07, 6.45) is 2.48. The van der Waals surface area contributed by atoms with Crippen molar-refractivity contribution in [3.63, 3.8) is 0 Å². The lowest BCUT2D eigenvalue weighted by molar-refractivity contribution is -0.139. The number of likely N-dealkylation sites (tertiary alicyclic amines) is 1. The van der Waals surface area contributed by atoms with Crippen molar-refractivity contribution in [1.29, 1.82) is 0 Å². The number of nitrogens with one attached hydrogen (secondary N) is 1. The van der Waals surface area contributed by atoms with Crippen LogP contribution in [0.25, 0.3) is 5.69 Å². The monoisotopic (exact) mass is 356 g/mol. The van der Waals surface area contributed by atoms with Crippen molar-refractivity contribution in [3.05, 3.63) is 47.8 Å².